The highest BCUT2D eigenvalue weighted by Crippen LogP contribution is 2.59. The lowest BCUT2D eigenvalue weighted by Crippen LogP contribution is -2.31. The number of esters is 2. The molecule has 0 radical (unpaired) electrons. The molecule has 0 unspecified atom stereocenters. The summed E-state index contributed by atoms with van der Waals surface area (Å²) in [5, 5.41) is 11.8. The summed E-state index contributed by atoms with van der Waals surface area (Å²) in [5.74, 6) is -1.03. The van der Waals surface area contributed by atoms with E-state index in [1.54, 1.807) is 32.1 Å². The van der Waals surface area contributed by atoms with Crippen LogP contribution >= 0.6 is 0 Å². The molecule has 4 atom stereocenters. The van der Waals surface area contributed by atoms with Gasteiger partial charge in [-0.3, -0.25) is 4.79 Å². The third-order valence-electron chi connectivity index (χ3n) is 7.46. The minimum Gasteiger partial charge on any atom is -0.504 e. The maximum Gasteiger partial charge on any atom is 0.333 e. The number of benzene rings is 2. The molecule has 0 bridgehead atoms. The first kappa shape index (κ1) is 30.5. The molecular weight excluding hydrogens is 520 g/mol. The molecular formula is C30H38O10. The smallest absolute Gasteiger partial charge is 0.333 e. The molecule has 2 aromatic carbocycles. The number of phenolic OH excluding ortho intramolecular Hbond substituents is 1. The summed E-state index contributed by atoms with van der Waals surface area (Å²) >= 11 is 0. The van der Waals surface area contributed by atoms with E-state index < -0.39 is 36.0 Å². The zero-order valence-electron chi connectivity index (χ0n) is 24.7. The van der Waals surface area contributed by atoms with E-state index in [1.165, 1.54) is 42.5 Å². The van der Waals surface area contributed by atoms with Crippen molar-refractivity contribution in [2.45, 2.75) is 46.8 Å². The van der Waals surface area contributed by atoms with Crippen LogP contribution in [0.1, 0.15) is 58.0 Å². The first-order chi connectivity index (χ1) is 19.0. The molecule has 1 N–H and O–H groups in total. The van der Waals surface area contributed by atoms with E-state index in [9.17, 15) is 14.7 Å². The Balaban J connectivity index is 2.62. The number of carbonyl (C=O) groups is 2. The average molecular weight is 559 g/mol. The maximum absolute atomic E-state index is 13.1. The van der Waals surface area contributed by atoms with Crippen molar-refractivity contribution in [1.29, 1.82) is 0 Å². The number of methoxy groups -OCH3 is 5. The third kappa shape index (κ3) is 5.22. The second kappa shape index (κ2) is 12.4. The van der Waals surface area contributed by atoms with Gasteiger partial charge in [-0.1, -0.05) is 19.9 Å². The van der Waals surface area contributed by atoms with Crippen LogP contribution in [0.5, 0.6) is 34.5 Å². The predicted octanol–water partition coefficient (Wildman–Crippen LogP) is 5.54. The van der Waals surface area contributed by atoms with Gasteiger partial charge in [0.1, 0.15) is 12.2 Å². The van der Waals surface area contributed by atoms with Gasteiger partial charge in [-0.2, -0.15) is 0 Å². The number of allylic oxidation sites excluding steroid dienone is 1. The molecule has 10 heteroatoms. The molecule has 0 saturated heterocycles. The van der Waals surface area contributed by atoms with Crippen molar-refractivity contribution in [1.82, 2.24) is 0 Å². The molecule has 1 aliphatic rings. The first-order valence-corrected chi connectivity index (χ1v) is 12.8. The van der Waals surface area contributed by atoms with Crippen LogP contribution in [0, 0.1) is 11.8 Å². The maximum atomic E-state index is 13.1. The molecule has 0 spiro atoms. The summed E-state index contributed by atoms with van der Waals surface area (Å²) < 4.78 is 40.2. The second-order valence-corrected chi connectivity index (χ2v) is 9.58. The summed E-state index contributed by atoms with van der Waals surface area (Å²) in [6, 6.07) is 3.37. The van der Waals surface area contributed by atoms with E-state index in [1.807, 2.05) is 13.8 Å². The third-order valence-corrected chi connectivity index (χ3v) is 7.46. The van der Waals surface area contributed by atoms with Crippen LogP contribution in [0.25, 0.3) is 11.1 Å². The number of ether oxygens (including phenoxy) is 7. The summed E-state index contributed by atoms with van der Waals surface area (Å²) in [6.45, 7) is 8.51. The monoisotopic (exact) mass is 558 g/mol. The average Bonchev–Trinajstić information content (AvgIpc) is 2.95. The minimum atomic E-state index is -0.901. The Hall–Kier alpha value is -4.08. The van der Waals surface area contributed by atoms with Crippen molar-refractivity contribution in [2.24, 2.45) is 11.8 Å². The first-order valence-electron chi connectivity index (χ1n) is 12.8. The highest BCUT2D eigenvalue weighted by molar-refractivity contribution is 5.90. The van der Waals surface area contributed by atoms with E-state index in [2.05, 4.69) is 0 Å². The van der Waals surface area contributed by atoms with Gasteiger partial charge in [-0.05, 0) is 26.0 Å². The number of carbonyl (C=O) groups excluding carboxylic acids is 2. The molecule has 10 nitrogen and oxygen atoms in total. The number of aromatic hydroxyl groups is 1. The van der Waals surface area contributed by atoms with Gasteiger partial charge in [0.25, 0.3) is 0 Å². The van der Waals surface area contributed by atoms with Gasteiger partial charge >= 0.3 is 11.9 Å². The molecule has 1 aliphatic carbocycles. The van der Waals surface area contributed by atoms with Crippen LogP contribution in [0.15, 0.2) is 23.8 Å². The van der Waals surface area contributed by atoms with Crippen LogP contribution in [0.3, 0.4) is 0 Å². The van der Waals surface area contributed by atoms with Crippen molar-refractivity contribution in [2.75, 3.05) is 35.5 Å². The molecule has 0 heterocycles. The van der Waals surface area contributed by atoms with E-state index >= 15 is 0 Å². The van der Waals surface area contributed by atoms with E-state index in [0.29, 0.717) is 28.0 Å². The molecule has 40 heavy (non-hydrogen) atoms. The molecule has 3 rings (SSSR count). The largest absolute Gasteiger partial charge is 0.504 e. The van der Waals surface area contributed by atoms with Crippen molar-refractivity contribution in [3.63, 3.8) is 0 Å². The minimum absolute atomic E-state index is 0.0593. The lowest BCUT2D eigenvalue weighted by Gasteiger charge is -2.38. The standard InChI is InChI=1S/C30H38O10/c1-11-14(2)30(33)40-26-16(4)15(3)25(39-17(5)31)19-13-21(35-7)28(37-9)29(38-10)23(19)22-18(26)12-20(34-6)27(36-8)24(22)32/h11-13,15-16,25-26,32H,1-10H3/b14-11+/t15-,16+,25-,26-/m1/s1. The van der Waals surface area contributed by atoms with Crippen molar-refractivity contribution in [3.05, 3.63) is 34.9 Å². The topological polar surface area (TPSA) is 119 Å². The van der Waals surface area contributed by atoms with Gasteiger partial charge in [0.05, 0.1) is 35.5 Å². The fourth-order valence-corrected chi connectivity index (χ4v) is 5.10. The van der Waals surface area contributed by atoms with Crippen LogP contribution in [-0.2, 0) is 19.1 Å². The zero-order valence-corrected chi connectivity index (χ0v) is 24.7. The quantitative estimate of drug-likeness (QED) is 0.327. The molecule has 218 valence electrons. The number of rotatable bonds is 8. The SMILES string of the molecule is C/C=C(\C)C(=O)O[C@H]1c2cc(OC)c(OC)c(O)c2-c2c(cc(OC)c(OC)c2OC)[C@H](OC(C)=O)[C@H](C)[C@@H]1C. The number of hydrogen-bond donors (Lipinski definition) is 1. The Morgan fingerprint density at radius 1 is 0.725 bits per heavy atom. The van der Waals surface area contributed by atoms with Gasteiger partial charge in [0, 0.05) is 46.6 Å². The normalized spacial score (nSPS) is 20.2. The number of fused-ring (bicyclic) bond motifs is 3. The Bertz CT molecular complexity index is 1310. The van der Waals surface area contributed by atoms with Crippen LogP contribution < -0.4 is 23.7 Å². The lowest BCUT2D eigenvalue weighted by atomic mass is 9.74. The van der Waals surface area contributed by atoms with Crippen molar-refractivity contribution >= 4 is 11.9 Å². The predicted molar refractivity (Wildman–Crippen MR) is 147 cm³/mol. The molecule has 0 saturated carbocycles. The molecule has 0 fully saturated rings. The highest BCUT2D eigenvalue weighted by atomic mass is 16.6. The Labute approximate surface area is 234 Å². The second-order valence-electron chi connectivity index (χ2n) is 9.58. The van der Waals surface area contributed by atoms with Crippen LogP contribution in [-0.4, -0.2) is 52.6 Å². The number of hydrogen-bond acceptors (Lipinski definition) is 10. The van der Waals surface area contributed by atoms with Crippen LogP contribution in [0.2, 0.25) is 0 Å². The summed E-state index contributed by atoms with van der Waals surface area (Å²) in [4.78, 5) is 25.5. The Kier molecular flexibility index (Phi) is 9.44. The Morgan fingerprint density at radius 2 is 1.20 bits per heavy atom. The fourth-order valence-electron chi connectivity index (χ4n) is 5.10. The van der Waals surface area contributed by atoms with E-state index in [0.717, 1.165) is 0 Å². The van der Waals surface area contributed by atoms with Gasteiger partial charge in [-0.25, -0.2) is 4.79 Å². The van der Waals surface area contributed by atoms with Crippen molar-refractivity contribution < 1.29 is 47.9 Å². The lowest BCUT2D eigenvalue weighted by molar-refractivity contribution is -0.157. The molecule has 2 aromatic rings. The molecule has 0 aromatic heterocycles. The van der Waals surface area contributed by atoms with Gasteiger partial charge in [-0.15, -0.1) is 0 Å². The summed E-state index contributed by atoms with van der Waals surface area (Å²) in [6.07, 6.45) is -0.0910. The Morgan fingerprint density at radius 3 is 1.65 bits per heavy atom. The van der Waals surface area contributed by atoms with Gasteiger partial charge < -0.3 is 38.3 Å². The summed E-state index contributed by atoms with van der Waals surface area (Å²) in [5.41, 5.74) is 1.97. The van der Waals surface area contributed by atoms with E-state index in [-0.39, 0.29) is 34.3 Å². The van der Waals surface area contributed by atoms with E-state index in [4.69, 9.17) is 33.2 Å². The fraction of sp³-hybridized carbons (Fsp3) is 0.467. The molecule has 0 amide bonds. The number of phenols is 1. The van der Waals surface area contributed by atoms with Gasteiger partial charge in [0.2, 0.25) is 11.5 Å². The zero-order chi connectivity index (χ0) is 29.9. The summed E-state index contributed by atoms with van der Waals surface area (Å²) in [7, 11) is 7.25. The van der Waals surface area contributed by atoms with Crippen LogP contribution in [0.4, 0.5) is 0 Å². The molecule has 0 aliphatic heterocycles. The highest BCUT2D eigenvalue weighted by Gasteiger charge is 2.43. The van der Waals surface area contributed by atoms with Gasteiger partial charge in [0.15, 0.2) is 23.0 Å². The van der Waals surface area contributed by atoms with Crippen molar-refractivity contribution in [3.8, 4) is 45.6 Å².